The van der Waals surface area contributed by atoms with Gasteiger partial charge >= 0.3 is 0 Å². The standard InChI is InChI=1S/C24H30N2O6/c1-29-12-11-25-23(27)20-15-26(24(28)16-7-5-8-17(13-16)30-2)14-19(20)18-9-6-10-21(31-3)22(18)32-4/h5-10,13,19-20H,11-12,14-15H2,1-4H3,(H,25,27). The van der Waals surface area contributed by atoms with Crippen LogP contribution in [0.15, 0.2) is 42.5 Å². The van der Waals surface area contributed by atoms with E-state index in [0.29, 0.717) is 49.1 Å². The van der Waals surface area contributed by atoms with E-state index in [0.717, 1.165) is 5.56 Å². The smallest absolute Gasteiger partial charge is 0.254 e. The lowest BCUT2D eigenvalue weighted by molar-refractivity contribution is -0.125. The summed E-state index contributed by atoms with van der Waals surface area (Å²) in [7, 11) is 6.29. The summed E-state index contributed by atoms with van der Waals surface area (Å²) in [5.74, 6) is 0.793. The zero-order valence-electron chi connectivity index (χ0n) is 18.9. The van der Waals surface area contributed by atoms with E-state index in [1.165, 1.54) is 0 Å². The molecule has 0 aliphatic carbocycles. The van der Waals surface area contributed by atoms with Gasteiger partial charge in [0.05, 0.1) is 33.9 Å². The molecule has 1 aliphatic rings. The molecule has 2 unspecified atom stereocenters. The van der Waals surface area contributed by atoms with Crippen molar-refractivity contribution < 1.29 is 28.5 Å². The van der Waals surface area contributed by atoms with Gasteiger partial charge in [0.15, 0.2) is 11.5 Å². The minimum atomic E-state index is -0.442. The lowest BCUT2D eigenvalue weighted by Crippen LogP contribution is -2.37. The number of para-hydroxylation sites is 1. The summed E-state index contributed by atoms with van der Waals surface area (Å²) in [5, 5.41) is 2.91. The molecule has 1 saturated heterocycles. The fraction of sp³-hybridized carbons (Fsp3) is 0.417. The average Bonchev–Trinajstić information content (AvgIpc) is 3.28. The number of carbonyl (C=O) groups excluding carboxylic acids is 2. The highest BCUT2D eigenvalue weighted by atomic mass is 16.5. The monoisotopic (exact) mass is 442 g/mol. The molecule has 0 aromatic heterocycles. The number of carbonyl (C=O) groups is 2. The molecule has 2 aromatic rings. The second kappa shape index (κ2) is 10.9. The van der Waals surface area contributed by atoms with Gasteiger partial charge in [-0.3, -0.25) is 9.59 Å². The molecule has 2 atom stereocenters. The normalized spacial score (nSPS) is 17.7. The van der Waals surface area contributed by atoms with Crippen LogP contribution in [0.2, 0.25) is 0 Å². The van der Waals surface area contributed by atoms with Crippen molar-refractivity contribution >= 4 is 11.8 Å². The molecular weight excluding hydrogens is 412 g/mol. The summed E-state index contributed by atoms with van der Waals surface area (Å²) >= 11 is 0. The molecule has 0 radical (unpaired) electrons. The van der Waals surface area contributed by atoms with Crippen LogP contribution < -0.4 is 19.5 Å². The van der Waals surface area contributed by atoms with Crippen LogP contribution in [0, 0.1) is 5.92 Å². The van der Waals surface area contributed by atoms with E-state index >= 15 is 0 Å². The number of hydrogen-bond donors (Lipinski definition) is 1. The topological polar surface area (TPSA) is 86.3 Å². The Morgan fingerprint density at radius 3 is 2.47 bits per heavy atom. The molecule has 0 bridgehead atoms. The van der Waals surface area contributed by atoms with Crippen molar-refractivity contribution in [3.63, 3.8) is 0 Å². The first kappa shape index (κ1) is 23.4. The van der Waals surface area contributed by atoms with Crippen molar-refractivity contribution in [2.45, 2.75) is 5.92 Å². The van der Waals surface area contributed by atoms with Gasteiger partial charge in [0.25, 0.3) is 5.91 Å². The molecule has 0 spiro atoms. The van der Waals surface area contributed by atoms with Crippen LogP contribution in [-0.4, -0.2) is 71.4 Å². The van der Waals surface area contributed by atoms with Crippen LogP contribution in [0.4, 0.5) is 0 Å². The molecule has 172 valence electrons. The summed E-state index contributed by atoms with van der Waals surface area (Å²) in [6.45, 7) is 1.48. The van der Waals surface area contributed by atoms with Crippen LogP contribution in [0.3, 0.4) is 0 Å². The number of nitrogens with zero attached hydrogens (tertiary/aromatic N) is 1. The quantitative estimate of drug-likeness (QED) is 0.600. The van der Waals surface area contributed by atoms with Gasteiger partial charge < -0.3 is 29.2 Å². The Labute approximate surface area is 188 Å². The molecular formula is C24H30N2O6. The number of benzene rings is 2. The van der Waals surface area contributed by atoms with E-state index in [1.54, 1.807) is 57.6 Å². The first-order valence-corrected chi connectivity index (χ1v) is 10.4. The number of hydrogen-bond acceptors (Lipinski definition) is 6. The van der Waals surface area contributed by atoms with E-state index < -0.39 is 5.92 Å². The van der Waals surface area contributed by atoms with Crippen molar-refractivity contribution in [1.82, 2.24) is 10.2 Å². The highest BCUT2D eigenvalue weighted by Crippen LogP contribution is 2.42. The summed E-state index contributed by atoms with van der Waals surface area (Å²) in [6.07, 6.45) is 0. The largest absolute Gasteiger partial charge is 0.497 e. The van der Waals surface area contributed by atoms with E-state index in [-0.39, 0.29) is 17.7 Å². The minimum Gasteiger partial charge on any atom is -0.497 e. The third kappa shape index (κ3) is 4.96. The Kier molecular flexibility index (Phi) is 7.94. The van der Waals surface area contributed by atoms with E-state index in [9.17, 15) is 9.59 Å². The van der Waals surface area contributed by atoms with Gasteiger partial charge in [0.1, 0.15) is 5.75 Å². The van der Waals surface area contributed by atoms with Gasteiger partial charge in [0, 0.05) is 43.8 Å². The Balaban J connectivity index is 1.92. The van der Waals surface area contributed by atoms with Crippen molar-refractivity contribution in [2.24, 2.45) is 5.92 Å². The summed E-state index contributed by atoms with van der Waals surface area (Å²) in [4.78, 5) is 28.0. The number of ether oxygens (including phenoxy) is 4. The Morgan fingerprint density at radius 1 is 1.00 bits per heavy atom. The van der Waals surface area contributed by atoms with Crippen molar-refractivity contribution in [3.8, 4) is 17.2 Å². The van der Waals surface area contributed by atoms with Crippen LogP contribution >= 0.6 is 0 Å². The minimum absolute atomic E-state index is 0.127. The maximum atomic E-state index is 13.3. The molecule has 8 nitrogen and oxygen atoms in total. The SMILES string of the molecule is COCCNC(=O)C1CN(C(=O)c2cccc(OC)c2)CC1c1cccc(OC)c1OC. The third-order valence-corrected chi connectivity index (χ3v) is 5.70. The van der Waals surface area contributed by atoms with E-state index in [1.807, 2.05) is 18.2 Å². The summed E-state index contributed by atoms with van der Waals surface area (Å²) < 4.78 is 21.4. The highest BCUT2D eigenvalue weighted by Gasteiger charge is 2.42. The molecule has 8 heteroatoms. The third-order valence-electron chi connectivity index (χ3n) is 5.70. The molecule has 0 saturated carbocycles. The first-order chi connectivity index (χ1) is 15.5. The molecule has 1 N–H and O–H groups in total. The maximum absolute atomic E-state index is 13.3. The maximum Gasteiger partial charge on any atom is 0.254 e. The van der Waals surface area contributed by atoms with Crippen LogP contribution in [0.25, 0.3) is 0 Å². The Hall–Kier alpha value is -3.26. The van der Waals surface area contributed by atoms with Crippen LogP contribution in [-0.2, 0) is 9.53 Å². The van der Waals surface area contributed by atoms with Crippen molar-refractivity contribution in [3.05, 3.63) is 53.6 Å². The van der Waals surface area contributed by atoms with E-state index in [4.69, 9.17) is 18.9 Å². The molecule has 32 heavy (non-hydrogen) atoms. The number of likely N-dealkylation sites (tertiary alicyclic amines) is 1. The number of rotatable bonds is 9. The fourth-order valence-corrected chi connectivity index (χ4v) is 4.10. The van der Waals surface area contributed by atoms with Gasteiger partial charge in [-0.25, -0.2) is 0 Å². The zero-order valence-corrected chi connectivity index (χ0v) is 18.9. The molecule has 1 fully saturated rings. The predicted molar refractivity (Wildman–Crippen MR) is 120 cm³/mol. The molecule has 1 aliphatic heterocycles. The van der Waals surface area contributed by atoms with Crippen LogP contribution in [0.5, 0.6) is 17.2 Å². The van der Waals surface area contributed by atoms with E-state index in [2.05, 4.69) is 5.32 Å². The number of methoxy groups -OCH3 is 4. The van der Waals surface area contributed by atoms with Gasteiger partial charge in [-0.2, -0.15) is 0 Å². The van der Waals surface area contributed by atoms with Gasteiger partial charge in [0.2, 0.25) is 5.91 Å². The summed E-state index contributed by atoms with van der Waals surface area (Å²) in [6, 6.07) is 12.6. The second-order valence-electron chi connectivity index (χ2n) is 7.52. The Morgan fingerprint density at radius 2 is 1.78 bits per heavy atom. The predicted octanol–water partition coefficient (Wildman–Crippen LogP) is 2.33. The first-order valence-electron chi connectivity index (χ1n) is 10.4. The Bertz CT molecular complexity index is 948. The van der Waals surface area contributed by atoms with Gasteiger partial charge in [-0.05, 0) is 24.3 Å². The zero-order chi connectivity index (χ0) is 23.1. The fourth-order valence-electron chi connectivity index (χ4n) is 4.10. The highest BCUT2D eigenvalue weighted by molar-refractivity contribution is 5.95. The number of nitrogens with one attached hydrogen (secondary N) is 1. The molecule has 1 heterocycles. The lowest BCUT2D eigenvalue weighted by atomic mass is 9.87. The van der Waals surface area contributed by atoms with Gasteiger partial charge in [-0.1, -0.05) is 18.2 Å². The number of amides is 2. The van der Waals surface area contributed by atoms with Crippen LogP contribution in [0.1, 0.15) is 21.8 Å². The molecule has 2 amide bonds. The molecule has 2 aromatic carbocycles. The average molecular weight is 443 g/mol. The second-order valence-corrected chi connectivity index (χ2v) is 7.52. The van der Waals surface area contributed by atoms with Crippen molar-refractivity contribution in [2.75, 3.05) is 54.7 Å². The summed E-state index contributed by atoms with van der Waals surface area (Å²) in [5.41, 5.74) is 1.35. The van der Waals surface area contributed by atoms with Gasteiger partial charge in [-0.15, -0.1) is 0 Å². The lowest BCUT2D eigenvalue weighted by Gasteiger charge is -2.21. The molecule has 3 rings (SSSR count). The van der Waals surface area contributed by atoms with Crippen molar-refractivity contribution in [1.29, 1.82) is 0 Å².